The first-order chi connectivity index (χ1) is 8.90. The zero-order valence-electron chi connectivity index (χ0n) is 10.8. The lowest BCUT2D eigenvalue weighted by Gasteiger charge is -2.15. The molecule has 0 fully saturated rings. The molecule has 0 amide bonds. The highest BCUT2D eigenvalue weighted by Gasteiger charge is 2.18. The van der Waals surface area contributed by atoms with E-state index in [1.54, 1.807) is 12.1 Å². The minimum absolute atomic E-state index is 0.0562. The standard InChI is InChI=1S/C12H19BrN2O3S/c1-2-9(5-6-16)8-15-19(17,18)12-4-3-10(13)7-11(12)14/h3-4,7,9,15-16H,2,5-6,8,14H2,1H3. The van der Waals surface area contributed by atoms with Crippen molar-refractivity contribution in [3.63, 3.8) is 0 Å². The molecule has 0 aromatic heterocycles. The van der Waals surface area contributed by atoms with Crippen molar-refractivity contribution in [2.75, 3.05) is 18.9 Å². The van der Waals surface area contributed by atoms with Gasteiger partial charge in [0.2, 0.25) is 10.0 Å². The Morgan fingerprint density at radius 2 is 2.16 bits per heavy atom. The third-order valence-corrected chi connectivity index (χ3v) is 4.93. The van der Waals surface area contributed by atoms with Gasteiger partial charge in [0.05, 0.1) is 5.69 Å². The summed E-state index contributed by atoms with van der Waals surface area (Å²) in [6.07, 6.45) is 1.38. The minimum atomic E-state index is -3.61. The molecule has 0 saturated carbocycles. The zero-order valence-corrected chi connectivity index (χ0v) is 13.2. The van der Waals surface area contributed by atoms with Gasteiger partial charge in [-0.2, -0.15) is 0 Å². The molecule has 7 heteroatoms. The van der Waals surface area contributed by atoms with E-state index in [9.17, 15) is 8.42 Å². The maximum atomic E-state index is 12.1. The van der Waals surface area contributed by atoms with Crippen molar-refractivity contribution in [3.8, 4) is 0 Å². The van der Waals surface area contributed by atoms with Crippen LogP contribution in [0.4, 0.5) is 5.69 Å². The van der Waals surface area contributed by atoms with Gasteiger partial charge in [-0.25, -0.2) is 13.1 Å². The molecule has 5 nitrogen and oxygen atoms in total. The van der Waals surface area contributed by atoms with Crippen molar-refractivity contribution < 1.29 is 13.5 Å². The van der Waals surface area contributed by atoms with E-state index in [4.69, 9.17) is 10.8 Å². The molecule has 0 radical (unpaired) electrons. The van der Waals surface area contributed by atoms with E-state index in [2.05, 4.69) is 20.7 Å². The molecule has 1 unspecified atom stereocenters. The highest BCUT2D eigenvalue weighted by atomic mass is 79.9. The summed E-state index contributed by atoms with van der Waals surface area (Å²) in [5.74, 6) is 0.122. The van der Waals surface area contributed by atoms with E-state index in [1.807, 2.05) is 6.92 Å². The van der Waals surface area contributed by atoms with Gasteiger partial charge in [0.1, 0.15) is 4.90 Å². The van der Waals surface area contributed by atoms with Crippen molar-refractivity contribution in [1.82, 2.24) is 4.72 Å². The number of aliphatic hydroxyl groups excluding tert-OH is 1. The number of nitrogens with one attached hydrogen (secondary N) is 1. The maximum Gasteiger partial charge on any atom is 0.242 e. The number of halogens is 1. The maximum absolute atomic E-state index is 12.1. The van der Waals surface area contributed by atoms with Crippen molar-refractivity contribution in [2.45, 2.75) is 24.7 Å². The summed E-state index contributed by atoms with van der Waals surface area (Å²) >= 11 is 3.23. The van der Waals surface area contributed by atoms with E-state index in [-0.39, 0.29) is 23.1 Å². The summed E-state index contributed by atoms with van der Waals surface area (Å²) in [5, 5.41) is 8.89. The van der Waals surface area contributed by atoms with Crippen molar-refractivity contribution >= 4 is 31.6 Å². The largest absolute Gasteiger partial charge is 0.398 e. The van der Waals surface area contributed by atoms with Crippen LogP contribution in [0.2, 0.25) is 0 Å². The lowest BCUT2D eigenvalue weighted by atomic mass is 10.0. The van der Waals surface area contributed by atoms with Gasteiger partial charge in [-0.1, -0.05) is 29.3 Å². The van der Waals surface area contributed by atoms with Gasteiger partial charge in [-0.3, -0.25) is 0 Å². The molecule has 1 aromatic carbocycles. The highest BCUT2D eigenvalue weighted by Crippen LogP contribution is 2.22. The Morgan fingerprint density at radius 1 is 1.47 bits per heavy atom. The average molecular weight is 351 g/mol. The normalized spacial score (nSPS) is 13.4. The van der Waals surface area contributed by atoms with Gasteiger partial charge in [-0.15, -0.1) is 0 Å². The molecule has 1 atom stereocenters. The van der Waals surface area contributed by atoms with E-state index < -0.39 is 10.0 Å². The molecular weight excluding hydrogens is 332 g/mol. The molecule has 0 saturated heterocycles. The zero-order chi connectivity index (χ0) is 14.5. The second-order valence-corrected chi connectivity index (χ2v) is 6.97. The average Bonchev–Trinajstić information content (AvgIpc) is 2.34. The molecule has 1 rings (SSSR count). The van der Waals surface area contributed by atoms with Crippen molar-refractivity contribution in [1.29, 1.82) is 0 Å². The molecule has 1 aromatic rings. The second kappa shape index (κ2) is 7.23. The number of anilines is 1. The van der Waals surface area contributed by atoms with Crippen LogP contribution in [0.5, 0.6) is 0 Å². The van der Waals surface area contributed by atoms with E-state index in [0.717, 1.165) is 10.9 Å². The molecule has 0 aliphatic heterocycles. The minimum Gasteiger partial charge on any atom is -0.398 e. The monoisotopic (exact) mass is 350 g/mol. The van der Waals surface area contributed by atoms with Crippen LogP contribution < -0.4 is 10.5 Å². The predicted molar refractivity (Wildman–Crippen MR) is 79.2 cm³/mol. The molecular formula is C12H19BrN2O3S. The van der Waals surface area contributed by atoms with Gasteiger partial charge in [0, 0.05) is 17.6 Å². The number of nitrogens with two attached hydrogens (primary N) is 1. The smallest absolute Gasteiger partial charge is 0.242 e. The highest BCUT2D eigenvalue weighted by molar-refractivity contribution is 9.10. The molecule has 108 valence electrons. The molecule has 0 aliphatic rings. The summed E-state index contributed by atoms with van der Waals surface area (Å²) in [7, 11) is -3.61. The van der Waals surface area contributed by atoms with E-state index >= 15 is 0 Å². The van der Waals surface area contributed by atoms with Gasteiger partial charge >= 0.3 is 0 Å². The fraction of sp³-hybridized carbons (Fsp3) is 0.500. The molecule has 0 heterocycles. The molecule has 0 spiro atoms. The summed E-state index contributed by atoms with van der Waals surface area (Å²) in [6, 6.07) is 4.66. The van der Waals surface area contributed by atoms with Gasteiger partial charge in [-0.05, 0) is 30.5 Å². The van der Waals surface area contributed by atoms with Crippen molar-refractivity contribution in [2.24, 2.45) is 5.92 Å². The lowest BCUT2D eigenvalue weighted by molar-refractivity contribution is 0.254. The van der Waals surface area contributed by atoms with Crippen LogP contribution in [0, 0.1) is 5.92 Å². The van der Waals surface area contributed by atoms with Crippen LogP contribution in [0.3, 0.4) is 0 Å². The summed E-state index contributed by atoms with van der Waals surface area (Å²) in [5.41, 5.74) is 5.92. The lowest BCUT2D eigenvalue weighted by Crippen LogP contribution is -2.30. The Kier molecular flexibility index (Phi) is 6.25. The third-order valence-electron chi connectivity index (χ3n) is 2.94. The van der Waals surface area contributed by atoms with Crippen molar-refractivity contribution in [3.05, 3.63) is 22.7 Å². The first-order valence-corrected chi connectivity index (χ1v) is 8.34. The third kappa shape index (κ3) is 4.76. The van der Waals surface area contributed by atoms with E-state index in [0.29, 0.717) is 13.0 Å². The number of hydrogen-bond acceptors (Lipinski definition) is 4. The van der Waals surface area contributed by atoms with Crippen LogP contribution in [-0.2, 0) is 10.0 Å². The molecule has 19 heavy (non-hydrogen) atoms. The van der Waals surface area contributed by atoms with Crippen LogP contribution in [0.15, 0.2) is 27.6 Å². The Hall–Kier alpha value is -0.630. The van der Waals surface area contributed by atoms with Gasteiger partial charge in [0.15, 0.2) is 0 Å². The summed E-state index contributed by atoms with van der Waals surface area (Å²) in [6.45, 7) is 2.32. The van der Waals surface area contributed by atoms with Crippen LogP contribution in [0.25, 0.3) is 0 Å². The Labute approximate surface area is 122 Å². The molecule has 4 N–H and O–H groups in total. The number of sulfonamides is 1. The fourth-order valence-corrected chi connectivity index (χ4v) is 3.31. The summed E-state index contributed by atoms with van der Waals surface area (Å²) < 4.78 is 27.5. The first kappa shape index (κ1) is 16.4. The van der Waals surface area contributed by atoms with Crippen LogP contribution >= 0.6 is 15.9 Å². The molecule has 0 aliphatic carbocycles. The fourth-order valence-electron chi connectivity index (χ4n) is 1.70. The number of nitrogen functional groups attached to an aromatic ring is 1. The Morgan fingerprint density at radius 3 is 2.68 bits per heavy atom. The first-order valence-electron chi connectivity index (χ1n) is 6.06. The number of rotatable bonds is 7. The van der Waals surface area contributed by atoms with Crippen LogP contribution in [0.1, 0.15) is 19.8 Å². The Bertz CT molecular complexity index is 520. The quantitative estimate of drug-likeness (QED) is 0.652. The number of aliphatic hydroxyl groups is 1. The van der Waals surface area contributed by atoms with Gasteiger partial charge in [0.25, 0.3) is 0 Å². The number of hydrogen-bond donors (Lipinski definition) is 3. The van der Waals surface area contributed by atoms with Crippen LogP contribution in [-0.4, -0.2) is 26.7 Å². The SMILES string of the molecule is CCC(CCO)CNS(=O)(=O)c1ccc(Br)cc1N. The van der Waals surface area contributed by atoms with Gasteiger partial charge < -0.3 is 10.8 Å². The predicted octanol–water partition coefficient (Wildman–Crippen LogP) is 1.72. The second-order valence-electron chi connectivity index (χ2n) is 4.32. The number of benzene rings is 1. The topological polar surface area (TPSA) is 92.4 Å². The summed E-state index contributed by atoms with van der Waals surface area (Å²) in [4.78, 5) is 0.0783. The van der Waals surface area contributed by atoms with E-state index in [1.165, 1.54) is 6.07 Å². The molecule has 0 bridgehead atoms. The Balaban J connectivity index is 2.81.